The Morgan fingerprint density at radius 3 is 3.00 bits per heavy atom. The van der Waals surface area contributed by atoms with Crippen molar-refractivity contribution in [3.63, 3.8) is 0 Å². The average molecular weight is 230 g/mol. The molecule has 2 atom stereocenters. The van der Waals surface area contributed by atoms with Crippen molar-refractivity contribution in [1.29, 1.82) is 0 Å². The molecule has 0 bridgehead atoms. The van der Waals surface area contributed by atoms with E-state index in [1.165, 1.54) is 4.21 Å². The molecule has 1 fully saturated rings. The van der Waals surface area contributed by atoms with Gasteiger partial charge in [-0.25, -0.2) is 0 Å². The number of thioether (sulfide) groups is 1. The Balaban J connectivity index is 2.28. The van der Waals surface area contributed by atoms with Gasteiger partial charge in [-0.2, -0.15) is 0 Å². The van der Waals surface area contributed by atoms with E-state index in [0.717, 1.165) is 5.56 Å². The third-order valence-corrected chi connectivity index (χ3v) is 4.83. The van der Waals surface area contributed by atoms with Gasteiger partial charge in [0.25, 0.3) is 0 Å². The van der Waals surface area contributed by atoms with Crippen molar-refractivity contribution in [3.8, 4) is 0 Å². The van der Waals surface area contributed by atoms with E-state index in [1.807, 2.05) is 18.6 Å². The molecule has 1 aliphatic rings. The third-order valence-electron chi connectivity index (χ3n) is 2.80. The standard InChI is InChI=1S/C10H14O2S2/c1-7-10(11,3-4-12-7)8-5-9(13-2)14-6-8/h5-7,11H,3-4H2,1-2H3. The van der Waals surface area contributed by atoms with Crippen LogP contribution in [0.2, 0.25) is 0 Å². The Labute approximate surface area is 92.3 Å². The van der Waals surface area contributed by atoms with Crippen LogP contribution in [-0.4, -0.2) is 24.1 Å². The van der Waals surface area contributed by atoms with Gasteiger partial charge < -0.3 is 9.84 Å². The van der Waals surface area contributed by atoms with Crippen molar-refractivity contribution in [2.45, 2.75) is 29.3 Å². The summed E-state index contributed by atoms with van der Waals surface area (Å²) in [5, 5.41) is 12.5. The fourth-order valence-electron chi connectivity index (χ4n) is 1.76. The van der Waals surface area contributed by atoms with E-state index in [4.69, 9.17) is 4.74 Å². The SMILES string of the molecule is CSc1cc(C2(O)CCOC2C)cs1. The first-order valence-corrected chi connectivity index (χ1v) is 6.74. The van der Waals surface area contributed by atoms with Crippen molar-refractivity contribution >= 4 is 23.1 Å². The van der Waals surface area contributed by atoms with Gasteiger partial charge in [0.05, 0.1) is 16.9 Å². The molecule has 2 rings (SSSR count). The molecular formula is C10H14O2S2. The number of hydrogen-bond acceptors (Lipinski definition) is 4. The van der Waals surface area contributed by atoms with E-state index in [2.05, 4.69) is 6.07 Å². The number of rotatable bonds is 2. The molecule has 1 aromatic rings. The van der Waals surface area contributed by atoms with E-state index in [-0.39, 0.29) is 6.10 Å². The molecule has 1 N–H and O–H groups in total. The highest BCUT2D eigenvalue weighted by atomic mass is 32.2. The second-order valence-electron chi connectivity index (χ2n) is 3.55. The highest BCUT2D eigenvalue weighted by Gasteiger charge is 2.41. The minimum absolute atomic E-state index is 0.0909. The largest absolute Gasteiger partial charge is 0.382 e. The van der Waals surface area contributed by atoms with Crippen molar-refractivity contribution in [2.24, 2.45) is 0 Å². The smallest absolute Gasteiger partial charge is 0.118 e. The lowest BCUT2D eigenvalue weighted by molar-refractivity contribution is -0.0314. The van der Waals surface area contributed by atoms with Crippen molar-refractivity contribution in [2.75, 3.05) is 12.9 Å². The summed E-state index contributed by atoms with van der Waals surface area (Å²) < 4.78 is 6.66. The summed E-state index contributed by atoms with van der Waals surface area (Å²) in [5.74, 6) is 0. The molecule has 2 nitrogen and oxygen atoms in total. The summed E-state index contributed by atoms with van der Waals surface area (Å²) in [6.07, 6.45) is 2.67. The van der Waals surface area contributed by atoms with E-state index >= 15 is 0 Å². The van der Waals surface area contributed by atoms with Gasteiger partial charge in [-0.1, -0.05) is 0 Å². The maximum absolute atomic E-state index is 10.4. The van der Waals surface area contributed by atoms with Gasteiger partial charge >= 0.3 is 0 Å². The van der Waals surface area contributed by atoms with Crippen LogP contribution in [0.1, 0.15) is 18.9 Å². The number of hydrogen-bond donors (Lipinski definition) is 1. The maximum atomic E-state index is 10.4. The summed E-state index contributed by atoms with van der Waals surface area (Å²) in [4.78, 5) is 0. The second-order valence-corrected chi connectivity index (χ2v) is 5.56. The number of thiophene rings is 1. The van der Waals surface area contributed by atoms with Crippen LogP contribution in [0.3, 0.4) is 0 Å². The first-order chi connectivity index (χ1) is 6.66. The Bertz CT molecular complexity index is 324. The van der Waals surface area contributed by atoms with Gasteiger partial charge in [0.15, 0.2) is 0 Å². The van der Waals surface area contributed by atoms with Crippen LogP contribution in [0.25, 0.3) is 0 Å². The second kappa shape index (κ2) is 3.85. The van der Waals surface area contributed by atoms with Crippen LogP contribution in [0, 0.1) is 0 Å². The molecule has 4 heteroatoms. The zero-order valence-corrected chi connectivity index (χ0v) is 9.95. The molecule has 0 spiro atoms. The Kier molecular flexibility index (Phi) is 2.88. The van der Waals surface area contributed by atoms with Crippen LogP contribution in [0.15, 0.2) is 15.7 Å². The van der Waals surface area contributed by atoms with Gasteiger partial charge in [0.2, 0.25) is 0 Å². The first kappa shape index (κ1) is 10.5. The van der Waals surface area contributed by atoms with Crippen molar-refractivity contribution in [1.82, 2.24) is 0 Å². The first-order valence-electron chi connectivity index (χ1n) is 4.64. The highest BCUT2D eigenvalue weighted by molar-refractivity contribution is 8.00. The number of ether oxygens (including phenoxy) is 1. The Morgan fingerprint density at radius 1 is 1.71 bits per heavy atom. The summed E-state index contributed by atoms with van der Waals surface area (Å²) >= 11 is 3.40. The summed E-state index contributed by atoms with van der Waals surface area (Å²) in [6, 6.07) is 2.07. The molecule has 1 aromatic heterocycles. The Hall–Kier alpha value is -0.0300. The van der Waals surface area contributed by atoms with Crippen molar-refractivity contribution in [3.05, 3.63) is 17.0 Å². The highest BCUT2D eigenvalue weighted by Crippen LogP contribution is 2.39. The molecule has 78 valence electrons. The van der Waals surface area contributed by atoms with Gasteiger partial charge in [0, 0.05) is 6.42 Å². The lowest BCUT2D eigenvalue weighted by atomic mass is 9.90. The molecule has 1 aliphatic heterocycles. The van der Waals surface area contributed by atoms with Crippen molar-refractivity contribution < 1.29 is 9.84 Å². The van der Waals surface area contributed by atoms with E-state index in [0.29, 0.717) is 13.0 Å². The summed E-state index contributed by atoms with van der Waals surface area (Å²) in [5.41, 5.74) is 0.252. The molecule has 2 heterocycles. The lowest BCUT2D eigenvalue weighted by Gasteiger charge is -2.24. The molecule has 14 heavy (non-hydrogen) atoms. The maximum Gasteiger partial charge on any atom is 0.118 e. The van der Waals surface area contributed by atoms with E-state index < -0.39 is 5.60 Å². The van der Waals surface area contributed by atoms with Gasteiger partial charge in [0.1, 0.15) is 5.60 Å². The fourth-order valence-corrected chi connectivity index (χ4v) is 3.25. The molecule has 0 aliphatic carbocycles. The van der Waals surface area contributed by atoms with Gasteiger partial charge in [-0.05, 0) is 30.2 Å². The minimum Gasteiger partial charge on any atom is -0.382 e. The predicted molar refractivity (Wildman–Crippen MR) is 60.0 cm³/mol. The fraction of sp³-hybridized carbons (Fsp3) is 0.600. The topological polar surface area (TPSA) is 29.5 Å². The zero-order chi connectivity index (χ0) is 10.2. The predicted octanol–water partition coefficient (Wildman–Crippen LogP) is 2.47. The van der Waals surface area contributed by atoms with Crippen LogP contribution < -0.4 is 0 Å². The summed E-state index contributed by atoms with van der Waals surface area (Å²) in [6.45, 7) is 2.59. The molecule has 0 aromatic carbocycles. The Morgan fingerprint density at radius 2 is 2.50 bits per heavy atom. The van der Waals surface area contributed by atoms with E-state index in [1.54, 1.807) is 23.1 Å². The molecule has 0 saturated carbocycles. The van der Waals surface area contributed by atoms with Crippen LogP contribution in [-0.2, 0) is 10.3 Å². The molecular weight excluding hydrogens is 216 g/mol. The van der Waals surface area contributed by atoms with Crippen LogP contribution in [0.4, 0.5) is 0 Å². The third kappa shape index (κ3) is 1.60. The molecule has 1 saturated heterocycles. The van der Waals surface area contributed by atoms with E-state index in [9.17, 15) is 5.11 Å². The molecule has 0 radical (unpaired) electrons. The molecule has 2 unspecified atom stereocenters. The van der Waals surface area contributed by atoms with Crippen LogP contribution in [0.5, 0.6) is 0 Å². The minimum atomic E-state index is -0.759. The zero-order valence-electron chi connectivity index (χ0n) is 8.32. The number of aliphatic hydroxyl groups is 1. The lowest BCUT2D eigenvalue weighted by Crippen LogP contribution is -2.32. The quantitative estimate of drug-likeness (QED) is 0.791. The molecule has 0 amide bonds. The summed E-state index contributed by atoms with van der Waals surface area (Å²) in [7, 11) is 0. The average Bonchev–Trinajstić information content (AvgIpc) is 2.75. The van der Waals surface area contributed by atoms with Crippen LogP contribution >= 0.6 is 23.1 Å². The van der Waals surface area contributed by atoms with Gasteiger partial charge in [-0.3, -0.25) is 0 Å². The van der Waals surface area contributed by atoms with Gasteiger partial charge in [-0.15, -0.1) is 23.1 Å². The normalized spacial score (nSPS) is 32.4. The monoisotopic (exact) mass is 230 g/mol.